The van der Waals surface area contributed by atoms with Gasteiger partial charge in [-0.3, -0.25) is 9.59 Å². The Bertz CT molecular complexity index is 914. The monoisotopic (exact) mass is 395 g/mol. The van der Waals surface area contributed by atoms with E-state index in [-0.39, 0.29) is 18.5 Å². The van der Waals surface area contributed by atoms with Crippen LogP contribution in [0.2, 0.25) is 0 Å². The number of carbonyl (C=O) groups is 3. The number of aliphatic carboxylic acids is 1. The van der Waals surface area contributed by atoms with E-state index in [1.54, 1.807) is 35.2 Å². The van der Waals surface area contributed by atoms with Crippen molar-refractivity contribution in [3.05, 3.63) is 59.7 Å². The molecule has 2 atom stereocenters. The number of piperidine rings is 1. The van der Waals surface area contributed by atoms with E-state index in [4.69, 9.17) is 0 Å². The number of hydrogen-bond donors (Lipinski definition) is 3. The lowest BCUT2D eigenvalue weighted by Crippen LogP contribution is -2.47. The molecular weight excluding hydrogens is 370 g/mol. The topological polar surface area (TPSA) is 98.7 Å². The Balaban J connectivity index is 1.74. The van der Waals surface area contributed by atoms with E-state index in [0.717, 1.165) is 5.56 Å². The van der Waals surface area contributed by atoms with Crippen LogP contribution >= 0.6 is 0 Å². The Morgan fingerprint density at radius 1 is 1.03 bits per heavy atom. The summed E-state index contributed by atoms with van der Waals surface area (Å²) in [6.45, 7) is 3.97. The molecule has 2 aromatic carbocycles. The maximum atomic E-state index is 13.0. The number of nitrogens with zero attached hydrogens (tertiary/aromatic N) is 1. The van der Waals surface area contributed by atoms with Crippen molar-refractivity contribution in [3.63, 3.8) is 0 Å². The van der Waals surface area contributed by atoms with Crippen LogP contribution in [0.5, 0.6) is 0 Å². The first kappa shape index (κ1) is 20.4. The highest BCUT2D eigenvalue weighted by Gasteiger charge is 2.33. The van der Waals surface area contributed by atoms with E-state index in [9.17, 15) is 19.5 Å². The molecule has 1 aliphatic heterocycles. The van der Waals surface area contributed by atoms with Crippen LogP contribution in [0.1, 0.15) is 35.7 Å². The van der Waals surface area contributed by atoms with Gasteiger partial charge in [0, 0.05) is 29.5 Å². The maximum absolute atomic E-state index is 13.0. The van der Waals surface area contributed by atoms with Crippen molar-refractivity contribution in [2.24, 2.45) is 5.92 Å². The van der Waals surface area contributed by atoms with Crippen molar-refractivity contribution in [2.75, 3.05) is 17.2 Å². The van der Waals surface area contributed by atoms with E-state index in [0.29, 0.717) is 29.8 Å². The molecule has 29 heavy (non-hydrogen) atoms. The molecule has 152 valence electrons. The standard InChI is InChI=1S/C22H25N3O4/c1-14-8-10-16(20(26)25-13-17(21(27)28)11-9-15(25)2)12-19(14)24-22(29)23-18-6-4-3-5-7-18/h3-8,10,12,15,17H,9,11,13H2,1-2H3,(H,27,28)(H2,23,24,29). The van der Waals surface area contributed by atoms with E-state index >= 15 is 0 Å². The lowest BCUT2D eigenvalue weighted by atomic mass is 9.93. The highest BCUT2D eigenvalue weighted by molar-refractivity contribution is 6.02. The fourth-order valence-corrected chi connectivity index (χ4v) is 3.45. The summed E-state index contributed by atoms with van der Waals surface area (Å²) in [5.74, 6) is -1.65. The minimum absolute atomic E-state index is 0.0304. The SMILES string of the molecule is Cc1ccc(C(=O)N2CC(C(=O)O)CCC2C)cc1NC(=O)Nc1ccccc1. The van der Waals surface area contributed by atoms with Gasteiger partial charge in [0.25, 0.3) is 5.91 Å². The molecule has 0 saturated carbocycles. The Labute approximate surface area is 169 Å². The van der Waals surface area contributed by atoms with Gasteiger partial charge >= 0.3 is 12.0 Å². The van der Waals surface area contributed by atoms with Crippen LogP contribution in [0.3, 0.4) is 0 Å². The van der Waals surface area contributed by atoms with Gasteiger partial charge in [0.1, 0.15) is 0 Å². The first-order valence-corrected chi connectivity index (χ1v) is 9.62. The van der Waals surface area contributed by atoms with Gasteiger partial charge in [-0.25, -0.2) is 4.79 Å². The van der Waals surface area contributed by atoms with E-state index in [1.807, 2.05) is 32.0 Å². The Morgan fingerprint density at radius 2 is 1.76 bits per heavy atom. The molecule has 2 unspecified atom stereocenters. The molecule has 1 heterocycles. The predicted molar refractivity (Wildman–Crippen MR) is 111 cm³/mol. The van der Waals surface area contributed by atoms with Crippen LogP contribution in [-0.4, -0.2) is 40.5 Å². The van der Waals surface area contributed by atoms with Crippen molar-refractivity contribution in [1.29, 1.82) is 0 Å². The zero-order valence-electron chi connectivity index (χ0n) is 16.5. The quantitative estimate of drug-likeness (QED) is 0.730. The number of carboxylic acid groups (broad SMARTS) is 1. The molecule has 7 heteroatoms. The molecule has 0 aliphatic carbocycles. The third kappa shape index (κ3) is 4.93. The number of anilines is 2. The number of amides is 3. The first-order chi connectivity index (χ1) is 13.8. The summed E-state index contributed by atoms with van der Waals surface area (Å²) in [7, 11) is 0. The van der Waals surface area contributed by atoms with Gasteiger partial charge in [0.05, 0.1) is 5.92 Å². The van der Waals surface area contributed by atoms with Gasteiger partial charge in [-0.1, -0.05) is 24.3 Å². The molecule has 2 aromatic rings. The van der Waals surface area contributed by atoms with Crippen LogP contribution in [0, 0.1) is 12.8 Å². The lowest BCUT2D eigenvalue weighted by Gasteiger charge is -2.36. The summed E-state index contributed by atoms with van der Waals surface area (Å²) in [6, 6.07) is 13.8. The number of carboxylic acids is 1. The minimum atomic E-state index is -0.876. The molecule has 1 fully saturated rings. The number of rotatable bonds is 4. The largest absolute Gasteiger partial charge is 0.481 e. The van der Waals surface area contributed by atoms with Crippen LogP contribution in [-0.2, 0) is 4.79 Å². The van der Waals surface area contributed by atoms with E-state index in [2.05, 4.69) is 10.6 Å². The van der Waals surface area contributed by atoms with Crippen LogP contribution < -0.4 is 10.6 Å². The number of aryl methyl sites for hydroxylation is 1. The molecule has 3 amide bonds. The predicted octanol–water partition coefficient (Wildman–Crippen LogP) is 3.96. The van der Waals surface area contributed by atoms with Gasteiger partial charge < -0.3 is 20.6 Å². The maximum Gasteiger partial charge on any atom is 0.323 e. The van der Waals surface area contributed by atoms with Gasteiger partial charge in [-0.2, -0.15) is 0 Å². The molecule has 0 aromatic heterocycles. The molecule has 0 radical (unpaired) electrons. The van der Waals surface area contributed by atoms with Crippen molar-refractivity contribution in [3.8, 4) is 0 Å². The Kier molecular flexibility index (Phi) is 6.16. The van der Waals surface area contributed by atoms with Crippen molar-refractivity contribution in [2.45, 2.75) is 32.7 Å². The molecular formula is C22H25N3O4. The van der Waals surface area contributed by atoms with Crippen LogP contribution in [0.25, 0.3) is 0 Å². The highest BCUT2D eigenvalue weighted by Crippen LogP contribution is 2.25. The van der Waals surface area contributed by atoms with Crippen LogP contribution in [0.15, 0.2) is 48.5 Å². The van der Waals surface area contributed by atoms with Crippen LogP contribution in [0.4, 0.5) is 16.2 Å². The molecule has 0 bridgehead atoms. The first-order valence-electron chi connectivity index (χ1n) is 9.62. The number of urea groups is 1. The fourth-order valence-electron chi connectivity index (χ4n) is 3.45. The normalized spacial score (nSPS) is 18.8. The zero-order chi connectivity index (χ0) is 21.0. The average Bonchev–Trinajstić information content (AvgIpc) is 2.70. The third-order valence-corrected chi connectivity index (χ3v) is 5.26. The molecule has 1 aliphatic rings. The summed E-state index contributed by atoms with van der Waals surface area (Å²) >= 11 is 0. The van der Waals surface area contributed by atoms with E-state index < -0.39 is 17.9 Å². The Morgan fingerprint density at radius 3 is 2.45 bits per heavy atom. The fraction of sp³-hybridized carbons (Fsp3) is 0.318. The van der Waals surface area contributed by atoms with Gasteiger partial charge in [-0.05, 0) is 56.5 Å². The molecule has 1 saturated heterocycles. The second kappa shape index (κ2) is 8.77. The average molecular weight is 395 g/mol. The second-order valence-corrected chi connectivity index (χ2v) is 7.39. The summed E-state index contributed by atoms with van der Waals surface area (Å²) in [5.41, 5.74) is 2.43. The number of nitrogens with one attached hydrogen (secondary N) is 2. The summed E-state index contributed by atoms with van der Waals surface area (Å²) in [5, 5.41) is 14.8. The number of para-hydroxylation sites is 1. The minimum Gasteiger partial charge on any atom is -0.481 e. The number of carbonyl (C=O) groups excluding carboxylic acids is 2. The Hall–Kier alpha value is -3.35. The van der Waals surface area contributed by atoms with E-state index in [1.165, 1.54) is 0 Å². The molecule has 3 rings (SSSR count). The van der Waals surface area contributed by atoms with Gasteiger partial charge in [0.2, 0.25) is 0 Å². The summed E-state index contributed by atoms with van der Waals surface area (Å²) in [6.07, 6.45) is 1.22. The van der Waals surface area contributed by atoms with Gasteiger partial charge in [0.15, 0.2) is 0 Å². The molecule has 3 N–H and O–H groups in total. The van der Waals surface area contributed by atoms with Crippen molar-refractivity contribution >= 4 is 29.3 Å². The zero-order valence-corrected chi connectivity index (χ0v) is 16.5. The third-order valence-electron chi connectivity index (χ3n) is 5.26. The van der Waals surface area contributed by atoms with Crippen molar-refractivity contribution in [1.82, 2.24) is 4.90 Å². The number of likely N-dealkylation sites (tertiary alicyclic amines) is 1. The smallest absolute Gasteiger partial charge is 0.323 e. The molecule has 7 nitrogen and oxygen atoms in total. The lowest BCUT2D eigenvalue weighted by molar-refractivity contribution is -0.143. The second-order valence-electron chi connectivity index (χ2n) is 7.39. The highest BCUT2D eigenvalue weighted by atomic mass is 16.4. The summed E-state index contributed by atoms with van der Waals surface area (Å²) in [4.78, 5) is 38.3. The van der Waals surface area contributed by atoms with Crippen molar-refractivity contribution < 1.29 is 19.5 Å². The summed E-state index contributed by atoms with van der Waals surface area (Å²) < 4.78 is 0. The number of benzene rings is 2. The number of hydrogen-bond acceptors (Lipinski definition) is 3. The van der Waals surface area contributed by atoms with Gasteiger partial charge in [-0.15, -0.1) is 0 Å². The molecule has 0 spiro atoms.